The number of allylic oxidation sites excluding steroid dienone is 2. The summed E-state index contributed by atoms with van der Waals surface area (Å²) >= 11 is 0. The number of benzene rings is 2. The molecule has 0 spiro atoms. The molecular weight excluding hydrogens is 273 g/mol. The largest absolute Gasteiger partial charge is 0.206 e. The molecule has 0 aromatic heterocycles. The second-order valence-electron chi connectivity index (χ2n) is 5.91. The first-order valence-electron chi connectivity index (χ1n) is 7.21. The Hall–Kier alpha value is -1.77. The fraction of sp³-hybridized carbons (Fsp3) is 0.333. The SMILES string of the molecule is CC1=CCC(c2cc3ccc(C)c(F)c3c(F)c2F)CC1. The average Bonchev–Trinajstić information content (AvgIpc) is 2.47. The summed E-state index contributed by atoms with van der Waals surface area (Å²) in [7, 11) is 0. The van der Waals surface area contributed by atoms with Gasteiger partial charge < -0.3 is 0 Å². The minimum atomic E-state index is -1.06. The van der Waals surface area contributed by atoms with Gasteiger partial charge in [0.2, 0.25) is 0 Å². The normalized spacial score (nSPS) is 18.9. The molecule has 1 unspecified atom stereocenters. The van der Waals surface area contributed by atoms with E-state index in [9.17, 15) is 13.2 Å². The maximum absolute atomic E-state index is 14.4. The van der Waals surface area contributed by atoms with Crippen LogP contribution in [0.3, 0.4) is 0 Å². The average molecular weight is 290 g/mol. The molecule has 0 saturated carbocycles. The first-order valence-corrected chi connectivity index (χ1v) is 7.21. The molecule has 0 saturated heterocycles. The number of rotatable bonds is 1. The lowest BCUT2D eigenvalue weighted by Gasteiger charge is -2.22. The Kier molecular flexibility index (Phi) is 3.52. The Morgan fingerprint density at radius 2 is 1.76 bits per heavy atom. The van der Waals surface area contributed by atoms with E-state index < -0.39 is 17.5 Å². The van der Waals surface area contributed by atoms with Crippen LogP contribution in [-0.4, -0.2) is 0 Å². The summed E-state index contributed by atoms with van der Waals surface area (Å²) in [4.78, 5) is 0. The number of aryl methyl sites for hydroxylation is 1. The molecule has 1 aliphatic rings. The summed E-state index contributed by atoms with van der Waals surface area (Å²) in [5.41, 5.74) is 1.98. The molecule has 2 aromatic rings. The molecule has 0 radical (unpaired) electrons. The van der Waals surface area contributed by atoms with Gasteiger partial charge in [0, 0.05) is 0 Å². The van der Waals surface area contributed by atoms with Gasteiger partial charge in [-0.1, -0.05) is 23.8 Å². The maximum Gasteiger partial charge on any atom is 0.169 e. The summed E-state index contributed by atoms with van der Waals surface area (Å²) in [6.07, 6.45) is 4.48. The van der Waals surface area contributed by atoms with Gasteiger partial charge in [0.05, 0.1) is 5.39 Å². The van der Waals surface area contributed by atoms with Crippen molar-refractivity contribution in [2.75, 3.05) is 0 Å². The Morgan fingerprint density at radius 3 is 2.43 bits per heavy atom. The van der Waals surface area contributed by atoms with E-state index in [0.717, 1.165) is 12.8 Å². The van der Waals surface area contributed by atoms with Crippen LogP contribution in [0, 0.1) is 24.4 Å². The highest BCUT2D eigenvalue weighted by molar-refractivity contribution is 5.85. The Balaban J connectivity index is 2.18. The van der Waals surface area contributed by atoms with E-state index in [1.165, 1.54) is 5.57 Å². The van der Waals surface area contributed by atoms with Crippen LogP contribution in [0.15, 0.2) is 29.8 Å². The number of hydrogen-bond acceptors (Lipinski definition) is 0. The zero-order valence-electron chi connectivity index (χ0n) is 12.1. The smallest absolute Gasteiger partial charge is 0.169 e. The van der Waals surface area contributed by atoms with Crippen molar-refractivity contribution in [2.24, 2.45) is 0 Å². The Morgan fingerprint density at radius 1 is 1.00 bits per heavy atom. The van der Waals surface area contributed by atoms with Gasteiger partial charge in [0.15, 0.2) is 11.6 Å². The summed E-state index contributed by atoms with van der Waals surface area (Å²) in [5, 5.41) is 0.192. The number of hydrogen-bond donors (Lipinski definition) is 0. The Bertz CT molecular complexity index is 744. The molecule has 2 aromatic carbocycles. The number of fused-ring (bicyclic) bond motifs is 1. The van der Waals surface area contributed by atoms with Crippen LogP contribution in [0.25, 0.3) is 10.8 Å². The minimum absolute atomic E-state index is 0.0306. The molecule has 0 nitrogen and oxygen atoms in total. The van der Waals surface area contributed by atoms with Crippen molar-refractivity contribution in [3.05, 3.63) is 58.4 Å². The van der Waals surface area contributed by atoms with Gasteiger partial charge in [-0.15, -0.1) is 0 Å². The first kappa shape index (κ1) is 14.2. The van der Waals surface area contributed by atoms with Gasteiger partial charge in [-0.3, -0.25) is 0 Å². The third-order valence-electron chi connectivity index (χ3n) is 4.42. The van der Waals surface area contributed by atoms with Crippen LogP contribution >= 0.6 is 0 Å². The van der Waals surface area contributed by atoms with Crippen LogP contribution < -0.4 is 0 Å². The van der Waals surface area contributed by atoms with E-state index in [1.807, 2.05) is 6.92 Å². The first-order chi connectivity index (χ1) is 9.99. The molecule has 3 rings (SSSR count). The van der Waals surface area contributed by atoms with E-state index in [4.69, 9.17) is 0 Å². The third kappa shape index (κ3) is 2.35. The molecule has 0 bridgehead atoms. The van der Waals surface area contributed by atoms with Crippen molar-refractivity contribution >= 4 is 10.8 Å². The van der Waals surface area contributed by atoms with Crippen molar-refractivity contribution in [1.29, 1.82) is 0 Å². The topological polar surface area (TPSA) is 0 Å². The van der Waals surface area contributed by atoms with Crippen LogP contribution in [-0.2, 0) is 0 Å². The molecule has 0 fully saturated rings. The zero-order valence-corrected chi connectivity index (χ0v) is 12.1. The van der Waals surface area contributed by atoms with Crippen LogP contribution in [0.1, 0.15) is 43.2 Å². The molecule has 21 heavy (non-hydrogen) atoms. The molecule has 1 aliphatic carbocycles. The van der Waals surface area contributed by atoms with Crippen LogP contribution in [0.5, 0.6) is 0 Å². The quantitative estimate of drug-likeness (QED) is 0.584. The summed E-state index contributed by atoms with van der Waals surface area (Å²) in [5.74, 6) is -2.66. The molecule has 0 amide bonds. The molecule has 1 atom stereocenters. The summed E-state index contributed by atoms with van der Waals surface area (Å²) < 4.78 is 42.7. The zero-order chi connectivity index (χ0) is 15.1. The van der Waals surface area contributed by atoms with E-state index in [1.54, 1.807) is 25.1 Å². The van der Waals surface area contributed by atoms with E-state index in [0.29, 0.717) is 22.9 Å². The van der Waals surface area contributed by atoms with Crippen molar-refractivity contribution in [2.45, 2.75) is 39.0 Å². The molecule has 3 heteroatoms. The lowest BCUT2D eigenvalue weighted by Crippen LogP contribution is -2.08. The van der Waals surface area contributed by atoms with Gasteiger partial charge in [-0.05, 0) is 61.6 Å². The van der Waals surface area contributed by atoms with Crippen LogP contribution in [0.4, 0.5) is 13.2 Å². The monoisotopic (exact) mass is 290 g/mol. The van der Waals surface area contributed by atoms with Gasteiger partial charge in [-0.25, -0.2) is 13.2 Å². The van der Waals surface area contributed by atoms with E-state index in [-0.39, 0.29) is 11.3 Å². The Labute approximate surface area is 122 Å². The third-order valence-corrected chi connectivity index (χ3v) is 4.42. The number of halogens is 3. The molecule has 0 aliphatic heterocycles. The lowest BCUT2D eigenvalue weighted by molar-refractivity contribution is 0.480. The van der Waals surface area contributed by atoms with Crippen molar-refractivity contribution in [1.82, 2.24) is 0 Å². The summed E-state index contributed by atoms with van der Waals surface area (Å²) in [6.45, 7) is 3.60. The van der Waals surface area contributed by atoms with Crippen molar-refractivity contribution in [3.8, 4) is 0 Å². The predicted octanol–water partition coefficient (Wildman–Crippen LogP) is 5.78. The van der Waals surface area contributed by atoms with Crippen molar-refractivity contribution < 1.29 is 13.2 Å². The van der Waals surface area contributed by atoms with E-state index >= 15 is 0 Å². The second kappa shape index (κ2) is 5.21. The second-order valence-corrected chi connectivity index (χ2v) is 5.91. The fourth-order valence-electron chi connectivity index (χ4n) is 3.05. The standard InChI is InChI=1S/C18H17F3/c1-10-3-6-12(7-4-10)14-9-13-8-5-11(2)16(19)15(13)18(21)17(14)20/h3,5,8-9,12H,4,6-7H2,1-2H3. The highest BCUT2D eigenvalue weighted by Gasteiger charge is 2.23. The highest BCUT2D eigenvalue weighted by Crippen LogP contribution is 2.37. The predicted molar refractivity (Wildman–Crippen MR) is 78.9 cm³/mol. The molecule has 110 valence electrons. The fourth-order valence-corrected chi connectivity index (χ4v) is 3.05. The van der Waals surface area contributed by atoms with Gasteiger partial charge in [0.1, 0.15) is 5.82 Å². The summed E-state index contributed by atoms with van der Waals surface area (Å²) in [6, 6.07) is 4.86. The molecule has 0 heterocycles. The van der Waals surface area contributed by atoms with Gasteiger partial charge >= 0.3 is 0 Å². The maximum atomic E-state index is 14.4. The minimum Gasteiger partial charge on any atom is -0.206 e. The van der Waals surface area contributed by atoms with Crippen LogP contribution in [0.2, 0.25) is 0 Å². The van der Waals surface area contributed by atoms with Crippen molar-refractivity contribution in [3.63, 3.8) is 0 Å². The van der Waals surface area contributed by atoms with Gasteiger partial charge in [0.25, 0.3) is 0 Å². The molecular formula is C18H17F3. The van der Waals surface area contributed by atoms with E-state index in [2.05, 4.69) is 6.08 Å². The lowest BCUT2D eigenvalue weighted by atomic mass is 9.84. The highest BCUT2D eigenvalue weighted by atomic mass is 19.2. The van der Waals surface area contributed by atoms with Gasteiger partial charge in [-0.2, -0.15) is 0 Å². The molecule has 0 N–H and O–H groups in total.